The number of carbonyl (C=O) groups excluding carboxylic acids is 2. The fourth-order valence-electron chi connectivity index (χ4n) is 4.59. The number of benzene rings is 2. The first kappa shape index (κ1) is 24.8. The van der Waals surface area contributed by atoms with Gasteiger partial charge in [-0.05, 0) is 38.0 Å². The Morgan fingerprint density at radius 3 is 2.49 bits per heavy atom. The van der Waals surface area contributed by atoms with Crippen LogP contribution in [0.4, 0.5) is 0 Å². The molecule has 1 atom stereocenters. The van der Waals surface area contributed by atoms with Crippen LogP contribution in [0.3, 0.4) is 0 Å². The maximum Gasteiger partial charge on any atom is 0.295 e. The number of Topliss-reactive ketones (excluding diaryl/α,β-unsaturated/α-hetero) is 1. The average molecular weight is 481 g/mol. The van der Waals surface area contributed by atoms with E-state index >= 15 is 0 Å². The molecule has 8 nitrogen and oxygen atoms in total. The summed E-state index contributed by atoms with van der Waals surface area (Å²) < 4.78 is 10.9. The maximum atomic E-state index is 13.2. The second-order valence-electron chi connectivity index (χ2n) is 8.83. The molecule has 186 valence electrons. The van der Waals surface area contributed by atoms with Gasteiger partial charge in [-0.2, -0.15) is 0 Å². The first-order chi connectivity index (χ1) is 16.9. The van der Waals surface area contributed by atoms with Crippen LogP contribution < -0.4 is 4.74 Å². The molecule has 2 fully saturated rings. The van der Waals surface area contributed by atoms with Crippen LogP contribution in [0.5, 0.6) is 11.5 Å². The Balaban J connectivity index is 1.71. The molecule has 0 radical (unpaired) electrons. The molecule has 2 heterocycles. The molecule has 2 aromatic carbocycles. The predicted molar refractivity (Wildman–Crippen MR) is 131 cm³/mol. The third-order valence-electron chi connectivity index (χ3n) is 6.44. The van der Waals surface area contributed by atoms with Crippen LogP contribution in [0.2, 0.25) is 0 Å². The number of aliphatic hydroxyl groups excluding tert-OH is 1. The maximum absolute atomic E-state index is 13.2. The summed E-state index contributed by atoms with van der Waals surface area (Å²) in [7, 11) is 0. The van der Waals surface area contributed by atoms with E-state index in [2.05, 4.69) is 4.90 Å². The summed E-state index contributed by atoms with van der Waals surface area (Å²) in [6.07, 6.45) is 0.671. The number of aryl methyl sites for hydroxylation is 1. The predicted octanol–water partition coefficient (Wildman–Crippen LogP) is 3.24. The summed E-state index contributed by atoms with van der Waals surface area (Å²) in [6, 6.07) is 11.1. The van der Waals surface area contributed by atoms with E-state index in [9.17, 15) is 19.8 Å². The van der Waals surface area contributed by atoms with Gasteiger partial charge in [0.15, 0.2) is 11.5 Å². The number of aliphatic hydroxyl groups is 1. The standard InChI is InChI=1S/C27H32N2O6/c1-3-35-22-17-20(9-10-21(22)30)24-23(25(31)19-7-5-18(2)6-8-19)26(32)27(33)29(24)12-4-11-28-13-15-34-16-14-28/h5-10,17,24,30-31H,3-4,11-16H2,1-2H3/t24-/m0/s1. The largest absolute Gasteiger partial charge is 0.507 e. The summed E-state index contributed by atoms with van der Waals surface area (Å²) in [6.45, 7) is 8.27. The first-order valence-corrected chi connectivity index (χ1v) is 12.0. The SMILES string of the molecule is CCOc1cc([C@H]2C(=C(O)c3ccc(C)cc3)C(=O)C(=O)N2CCCN2CCOCC2)ccc1O. The minimum Gasteiger partial charge on any atom is -0.507 e. The highest BCUT2D eigenvalue weighted by atomic mass is 16.5. The van der Waals surface area contributed by atoms with Crippen molar-refractivity contribution in [3.63, 3.8) is 0 Å². The van der Waals surface area contributed by atoms with Crippen molar-refractivity contribution < 1.29 is 29.3 Å². The van der Waals surface area contributed by atoms with Crippen LogP contribution in [-0.4, -0.2) is 77.7 Å². The Morgan fingerprint density at radius 1 is 1.09 bits per heavy atom. The Hall–Kier alpha value is -3.36. The molecule has 2 N–H and O–H groups in total. The van der Waals surface area contributed by atoms with Gasteiger partial charge in [0.2, 0.25) is 0 Å². The number of carbonyl (C=O) groups is 2. The van der Waals surface area contributed by atoms with Gasteiger partial charge in [0.1, 0.15) is 5.76 Å². The van der Waals surface area contributed by atoms with Crippen molar-refractivity contribution in [1.29, 1.82) is 0 Å². The normalized spacial score (nSPS) is 20.4. The smallest absolute Gasteiger partial charge is 0.295 e. The van der Waals surface area contributed by atoms with Crippen LogP contribution in [0.25, 0.3) is 5.76 Å². The molecule has 2 saturated heterocycles. The van der Waals surface area contributed by atoms with Gasteiger partial charge >= 0.3 is 0 Å². The number of nitrogens with zero attached hydrogens (tertiary/aromatic N) is 2. The first-order valence-electron chi connectivity index (χ1n) is 12.0. The highest BCUT2D eigenvalue weighted by Gasteiger charge is 2.46. The molecule has 4 rings (SSSR count). The van der Waals surface area contributed by atoms with E-state index in [1.807, 2.05) is 19.1 Å². The van der Waals surface area contributed by atoms with Crippen LogP contribution in [0.1, 0.15) is 36.1 Å². The lowest BCUT2D eigenvalue weighted by Gasteiger charge is -2.29. The van der Waals surface area contributed by atoms with E-state index in [1.54, 1.807) is 31.2 Å². The number of ether oxygens (including phenoxy) is 2. The number of phenolic OH excluding ortho intramolecular Hbond substituents is 1. The van der Waals surface area contributed by atoms with Gasteiger partial charge in [-0.15, -0.1) is 0 Å². The molecule has 2 aliphatic heterocycles. The third kappa shape index (κ3) is 5.33. The van der Waals surface area contributed by atoms with Gasteiger partial charge in [-0.25, -0.2) is 0 Å². The molecule has 0 spiro atoms. The Morgan fingerprint density at radius 2 is 1.80 bits per heavy atom. The van der Waals surface area contributed by atoms with Crippen molar-refractivity contribution in [1.82, 2.24) is 9.80 Å². The fraction of sp³-hybridized carbons (Fsp3) is 0.407. The Kier molecular flexibility index (Phi) is 7.73. The Bertz CT molecular complexity index is 1110. The van der Waals surface area contributed by atoms with Gasteiger partial charge in [-0.3, -0.25) is 14.5 Å². The van der Waals surface area contributed by atoms with Gasteiger partial charge in [0.25, 0.3) is 11.7 Å². The van der Waals surface area contributed by atoms with Crippen LogP contribution >= 0.6 is 0 Å². The van der Waals surface area contributed by atoms with Crippen molar-refractivity contribution in [2.24, 2.45) is 0 Å². The number of morpholine rings is 1. The summed E-state index contributed by atoms with van der Waals surface area (Å²) >= 11 is 0. The van der Waals surface area contributed by atoms with E-state index in [-0.39, 0.29) is 22.8 Å². The molecular formula is C27H32N2O6. The third-order valence-corrected chi connectivity index (χ3v) is 6.44. The van der Waals surface area contributed by atoms with E-state index < -0.39 is 17.7 Å². The van der Waals surface area contributed by atoms with E-state index in [1.165, 1.54) is 11.0 Å². The molecule has 0 aliphatic carbocycles. The number of hydrogen-bond acceptors (Lipinski definition) is 7. The molecule has 2 aromatic rings. The van der Waals surface area contributed by atoms with Crippen LogP contribution in [-0.2, 0) is 14.3 Å². The summed E-state index contributed by atoms with van der Waals surface area (Å²) in [4.78, 5) is 30.2. The number of phenols is 1. The Labute approximate surface area is 205 Å². The van der Waals surface area contributed by atoms with Crippen LogP contribution in [0, 0.1) is 6.92 Å². The summed E-state index contributed by atoms with van der Waals surface area (Å²) in [5.41, 5.74) is 2.11. The monoisotopic (exact) mass is 480 g/mol. The second kappa shape index (κ2) is 10.9. The van der Waals surface area contributed by atoms with Crippen molar-refractivity contribution in [2.45, 2.75) is 26.3 Å². The lowest BCUT2D eigenvalue weighted by molar-refractivity contribution is -0.140. The zero-order valence-corrected chi connectivity index (χ0v) is 20.2. The lowest BCUT2D eigenvalue weighted by Crippen LogP contribution is -2.38. The highest BCUT2D eigenvalue weighted by Crippen LogP contribution is 2.41. The van der Waals surface area contributed by atoms with E-state index in [4.69, 9.17) is 9.47 Å². The number of amides is 1. The molecule has 8 heteroatoms. The fourth-order valence-corrected chi connectivity index (χ4v) is 4.59. The van der Waals surface area contributed by atoms with Crippen molar-refractivity contribution >= 4 is 17.4 Å². The van der Waals surface area contributed by atoms with Crippen molar-refractivity contribution in [2.75, 3.05) is 46.0 Å². The molecule has 0 aromatic heterocycles. The number of aromatic hydroxyl groups is 1. The van der Waals surface area contributed by atoms with Gasteiger partial charge in [0.05, 0.1) is 31.4 Å². The number of likely N-dealkylation sites (tertiary alicyclic amines) is 1. The zero-order chi connectivity index (χ0) is 24.9. The molecule has 2 aliphatic rings. The topological polar surface area (TPSA) is 99.5 Å². The molecular weight excluding hydrogens is 448 g/mol. The molecule has 0 saturated carbocycles. The summed E-state index contributed by atoms with van der Waals surface area (Å²) in [5, 5.41) is 21.4. The zero-order valence-electron chi connectivity index (χ0n) is 20.2. The minimum absolute atomic E-state index is 0.0293. The van der Waals surface area contributed by atoms with Crippen molar-refractivity contribution in [3.8, 4) is 11.5 Å². The summed E-state index contributed by atoms with van der Waals surface area (Å²) in [5.74, 6) is -1.34. The molecule has 1 amide bonds. The van der Waals surface area contributed by atoms with Crippen molar-refractivity contribution in [3.05, 3.63) is 64.7 Å². The van der Waals surface area contributed by atoms with Gasteiger partial charge < -0.3 is 24.6 Å². The van der Waals surface area contributed by atoms with Gasteiger partial charge in [0, 0.05) is 31.7 Å². The van der Waals surface area contributed by atoms with E-state index in [0.717, 1.165) is 25.2 Å². The van der Waals surface area contributed by atoms with Crippen LogP contribution in [0.15, 0.2) is 48.0 Å². The highest BCUT2D eigenvalue weighted by molar-refractivity contribution is 6.46. The second-order valence-corrected chi connectivity index (χ2v) is 8.83. The number of hydrogen-bond donors (Lipinski definition) is 2. The minimum atomic E-state index is -0.791. The number of ketones is 1. The molecule has 35 heavy (non-hydrogen) atoms. The van der Waals surface area contributed by atoms with E-state index in [0.29, 0.717) is 43.9 Å². The quantitative estimate of drug-likeness (QED) is 0.340. The average Bonchev–Trinajstić information content (AvgIpc) is 3.11. The molecule has 0 unspecified atom stereocenters. The molecule has 0 bridgehead atoms. The number of rotatable bonds is 8. The van der Waals surface area contributed by atoms with Gasteiger partial charge in [-0.1, -0.05) is 35.9 Å². The lowest BCUT2D eigenvalue weighted by atomic mass is 9.94.